The molecule has 0 unspecified atom stereocenters. The Morgan fingerprint density at radius 3 is 2.67 bits per heavy atom. The first kappa shape index (κ1) is 18.2. The number of nitrogens with zero attached hydrogens (tertiary/aromatic N) is 2. The molecule has 0 saturated heterocycles. The number of carbonyl (C=O) groups is 1. The molecule has 136 valence electrons. The second-order valence-electron chi connectivity index (χ2n) is 5.68. The number of aromatic nitrogens is 2. The van der Waals surface area contributed by atoms with Crippen molar-refractivity contribution in [2.75, 3.05) is 13.7 Å². The average molecular weight is 361 g/mol. The lowest BCUT2D eigenvalue weighted by Gasteiger charge is -1.99. The summed E-state index contributed by atoms with van der Waals surface area (Å²) in [6.45, 7) is 0.300. The molecule has 1 aromatic heterocycles. The number of aryl methyl sites for hydroxylation is 1. The summed E-state index contributed by atoms with van der Waals surface area (Å²) in [5.74, 6) is 7.47. The number of hydrogen-bond donors (Lipinski definition) is 1. The van der Waals surface area contributed by atoms with Gasteiger partial charge in [-0.25, -0.2) is 0 Å². The van der Waals surface area contributed by atoms with E-state index >= 15 is 0 Å². The van der Waals surface area contributed by atoms with Crippen molar-refractivity contribution in [3.63, 3.8) is 0 Å². The van der Waals surface area contributed by atoms with Crippen LogP contribution in [0.3, 0.4) is 0 Å². The van der Waals surface area contributed by atoms with Crippen LogP contribution in [0.15, 0.2) is 59.1 Å². The summed E-state index contributed by atoms with van der Waals surface area (Å²) in [7, 11) is 1.61. The predicted octanol–water partition coefficient (Wildman–Crippen LogP) is 2.85. The molecule has 27 heavy (non-hydrogen) atoms. The minimum absolute atomic E-state index is 0.110. The number of carbonyl (C=O) groups excluding carboxylic acids is 1. The molecule has 0 saturated carbocycles. The Bertz CT molecular complexity index is 938. The number of benzene rings is 2. The van der Waals surface area contributed by atoms with Gasteiger partial charge in [0.25, 0.3) is 0 Å². The number of methoxy groups -OCH3 is 1. The van der Waals surface area contributed by atoms with Crippen LogP contribution >= 0.6 is 0 Å². The Kier molecular flexibility index (Phi) is 6.21. The van der Waals surface area contributed by atoms with E-state index in [9.17, 15) is 4.79 Å². The monoisotopic (exact) mass is 361 g/mol. The predicted molar refractivity (Wildman–Crippen MR) is 101 cm³/mol. The molecule has 6 heteroatoms. The van der Waals surface area contributed by atoms with E-state index in [4.69, 9.17) is 9.26 Å². The summed E-state index contributed by atoms with van der Waals surface area (Å²) in [6, 6.07) is 17.0. The fourth-order valence-corrected chi connectivity index (χ4v) is 2.33. The van der Waals surface area contributed by atoms with Crippen molar-refractivity contribution in [1.82, 2.24) is 15.5 Å². The lowest BCUT2D eigenvalue weighted by Crippen LogP contribution is -2.23. The largest absolute Gasteiger partial charge is 0.497 e. The van der Waals surface area contributed by atoms with Crippen molar-refractivity contribution in [2.45, 2.75) is 12.8 Å². The fraction of sp³-hybridized carbons (Fsp3) is 0.190. The first-order valence-corrected chi connectivity index (χ1v) is 8.52. The third-order valence-electron chi connectivity index (χ3n) is 3.76. The molecule has 1 N–H and O–H groups in total. The normalized spacial score (nSPS) is 9.96. The van der Waals surface area contributed by atoms with E-state index < -0.39 is 0 Å². The Balaban J connectivity index is 1.45. The SMILES string of the molecule is COc1ccc(-c2noc(CCC(=O)NCC#Cc3ccccc3)n2)cc1. The average Bonchev–Trinajstić information content (AvgIpc) is 3.19. The molecular formula is C21H19N3O3. The van der Waals surface area contributed by atoms with Crippen LogP contribution in [0.1, 0.15) is 17.9 Å². The number of nitrogens with one attached hydrogen (secondary N) is 1. The van der Waals surface area contributed by atoms with E-state index in [2.05, 4.69) is 27.3 Å². The highest BCUT2D eigenvalue weighted by molar-refractivity contribution is 5.76. The van der Waals surface area contributed by atoms with Crippen LogP contribution in [0.25, 0.3) is 11.4 Å². The first-order valence-electron chi connectivity index (χ1n) is 8.52. The van der Waals surface area contributed by atoms with Gasteiger partial charge in [0.2, 0.25) is 17.6 Å². The molecule has 0 aliphatic rings. The molecule has 0 aliphatic heterocycles. The molecule has 1 amide bonds. The summed E-state index contributed by atoms with van der Waals surface area (Å²) < 4.78 is 10.3. The van der Waals surface area contributed by atoms with E-state index in [1.54, 1.807) is 7.11 Å². The van der Waals surface area contributed by atoms with E-state index in [1.165, 1.54) is 0 Å². The molecule has 1 heterocycles. The highest BCUT2D eigenvalue weighted by Gasteiger charge is 2.10. The smallest absolute Gasteiger partial charge is 0.227 e. The zero-order valence-electron chi connectivity index (χ0n) is 14.9. The van der Waals surface area contributed by atoms with Gasteiger partial charge in [0, 0.05) is 24.0 Å². The Hall–Kier alpha value is -3.59. The summed E-state index contributed by atoms with van der Waals surface area (Å²) in [5.41, 5.74) is 1.75. The third-order valence-corrected chi connectivity index (χ3v) is 3.76. The molecule has 0 bridgehead atoms. The Labute approximate surface area is 157 Å². The molecule has 0 aliphatic carbocycles. The van der Waals surface area contributed by atoms with Gasteiger partial charge in [0.1, 0.15) is 5.75 Å². The van der Waals surface area contributed by atoms with Crippen LogP contribution in [0.2, 0.25) is 0 Å². The second kappa shape index (κ2) is 9.20. The van der Waals surface area contributed by atoms with Gasteiger partial charge in [-0.15, -0.1) is 0 Å². The Morgan fingerprint density at radius 1 is 1.15 bits per heavy atom. The lowest BCUT2D eigenvalue weighted by molar-refractivity contribution is -0.120. The van der Waals surface area contributed by atoms with Gasteiger partial charge in [0.15, 0.2) is 0 Å². The highest BCUT2D eigenvalue weighted by atomic mass is 16.5. The summed E-state index contributed by atoms with van der Waals surface area (Å²) >= 11 is 0. The van der Waals surface area contributed by atoms with E-state index in [0.717, 1.165) is 16.9 Å². The number of ether oxygens (including phenoxy) is 1. The number of rotatable bonds is 6. The van der Waals surface area contributed by atoms with Gasteiger partial charge in [-0.05, 0) is 36.4 Å². The Morgan fingerprint density at radius 2 is 1.93 bits per heavy atom. The zero-order valence-corrected chi connectivity index (χ0v) is 14.9. The number of amides is 1. The van der Waals surface area contributed by atoms with Crippen molar-refractivity contribution < 1.29 is 14.1 Å². The van der Waals surface area contributed by atoms with Gasteiger partial charge in [-0.2, -0.15) is 4.98 Å². The van der Waals surface area contributed by atoms with E-state index in [-0.39, 0.29) is 12.3 Å². The molecule has 3 rings (SSSR count). The minimum Gasteiger partial charge on any atom is -0.497 e. The molecule has 2 aromatic carbocycles. The highest BCUT2D eigenvalue weighted by Crippen LogP contribution is 2.19. The first-order chi connectivity index (χ1) is 13.2. The van der Waals surface area contributed by atoms with Crippen LogP contribution in [0.5, 0.6) is 5.75 Å². The third kappa shape index (κ3) is 5.44. The maximum atomic E-state index is 11.9. The molecule has 3 aromatic rings. The van der Waals surface area contributed by atoms with Crippen LogP contribution in [0.4, 0.5) is 0 Å². The minimum atomic E-state index is -0.110. The van der Waals surface area contributed by atoms with Crippen molar-refractivity contribution >= 4 is 5.91 Å². The van der Waals surface area contributed by atoms with Crippen LogP contribution in [-0.2, 0) is 11.2 Å². The van der Waals surface area contributed by atoms with Gasteiger partial charge < -0.3 is 14.6 Å². The zero-order chi connectivity index (χ0) is 18.9. The van der Waals surface area contributed by atoms with Crippen molar-refractivity contribution in [3.8, 4) is 29.0 Å². The maximum absolute atomic E-state index is 11.9. The number of hydrogen-bond acceptors (Lipinski definition) is 5. The fourth-order valence-electron chi connectivity index (χ4n) is 2.33. The lowest BCUT2D eigenvalue weighted by atomic mass is 10.2. The van der Waals surface area contributed by atoms with Crippen molar-refractivity contribution in [3.05, 3.63) is 66.1 Å². The van der Waals surface area contributed by atoms with Gasteiger partial charge in [0.05, 0.1) is 13.7 Å². The van der Waals surface area contributed by atoms with Gasteiger partial charge in [-0.1, -0.05) is 35.2 Å². The quantitative estimate of drug-likeness (QED) is 0.683. The van der Waals surface area contributed by atoms with Crippen molar-refractivity contribution in [1.29, 1.82) is 0 Å². The van der Waals surface area contributed by atoms with Crippen LogP contribution < -0.4 is 10.1 Å². The molecule has 0 spiro atoms. The molecule has 0 fully saturated rings. The summed E-state index contributed by atoms with van der Waals surface area (Å²) in [4.78, 5) is 16.2. The van der Waals surface area contributed by atoms with Crippen LogP contribution in [-0.4, -0.2) is 29.7 Å². The molecule has 0 atom stereocenters. The standard InChI is InChI=1S/C21H19N3O3/c1-26-18-11-9-17(10-12-18)21-23-20(27-24-21)14-13-19(25)22-15-5-8-16-6-3-2-4-7-16/h2-4,6-7,9-12H,13-15H2,1H3,(H,22,25). The van der Waals surface area contributed by atoms with Crippen molar-refractivity contribution in [2.24, 2.45) is 0 Å². The molecule has 6 nitrogen and oxygen atoms in total. The van der Waals surface area contributed by atoms with Crippen LogP contribution in [0, 0.1) is 11.8 Å². The topological polar surface area (TPSA) is 77.2 Å². The summed E-state index contributed by atoms with van der Waals surface area (Å²) in [6.07, 6.45) is 0.637. The van der Waals surface area contributed by atoms with E-state index in [1.807, 2.05) is 54.6 Å². The maximum Gasteiger partial charge on any atom is 0.227 e. The molecule has 0 radical (unpaired) electrons. The van der Waals surface area contributed by atoms with E-state index in [0.29, 0.717) is 24.7 Å². The van der Waals surface area contributed by atoms with Gasteiger partial charge >= 0.3 is 0 Å². The second-order valence-corrected chi connectivity index (χ2v) is 5.68. The molecular weight excluding hydrogens is 342 g/mol. The van der Waals surface area contributed by atoms with Gasteiger partial charge in [-0.3, -0.25) is 4.79 Å². The summed E-state index contributed by atoms with van der Waals surface area (Å²) in [5, 5.41) is 6.71.